The first-order valence-electron chi connectivity index (χ1n) is 35.3. The van der Waals surface area contributed by atoms with Gasteiger partial charge in [-0.05, 0) is 186 Å². The van der Waals surface area contributed by atoms with E-state index in [0.717, 1.165) is 77.5 Å². The van der Waals surface area contributed by atoms with E-state index in [1.54, 1.807) is 0 Å². The lowest BCUT2D eigenvalue weighted by molar-refractivity contribution is 1.18. The van der Waals surface area contributed by atoms with Crippen molar-refractivity contribution in [1.82, 2.24) is 18.3 Å². The van der Waals surface area contributed by atoms with Crippen molar-refractivity contribution in [2.75, 3.05) is 0 Å². The highest BCUT2D eigenvalue weighted by Gasteiger charge is 2.22. The second-order valence-corrected chi connectivity index (χ2v) is 26.1. The van der Waals surface area contributed by atoms with Gasteiger partial charge in [-0.3, -0.25) is 0 Å². The van der Waals surface area contributed by atoms with Crippen LogP contribution < -0.4 is 0 Å². The Balaban J connectivity index is 0.000000137. The van der Waals surface area contributed by atoms with E-state index in [1.165, 1.54) is 109 Å². The summed E-state index contributed by atoms with van der Waals surface area (Å²) >= 11 is 0. The summed E-state index contributed by atoms with van der Waals surface area (Å²) in [6, 6.07) is 131. The van der Waals surface area contributed by atoms with E-state index in [0.29, 0.717) is 12.1 Å². The molecule has 0 aliphatic heterocycles. The van der Waals surface area contributed by atoms with Crippen molar-refractivity contribution in [2.24, 2.45) is 0 Å². The Morgan fingerprint density at radius 3 is 0.940 bits per heavy atom. The molecule has 4 aromatic heterocycles. The van der Waals surface area contributed by atoms with Crippen LogP contribution in [-0.4, -0.2) is 18.3 Å². The summed E-state index contributed by atoms with van der Waals surface area (Å²) in [5.41, 5.74) is 23.2. The molecule has 100 heavy (non-hydrogen) atoms. The van der Waals surface area contributed by atoms with Gasteiger partial charge in [0.2, 0.25) is 0 Å². The van der Waals surface area contributed by atoms with E-state index < -0.39 is 0 Å². The second-order valence-electron chi connectivity index (χ2n) is 26.1. The zero-order valence-corrected chi connectivity index (χ0v) is 54.4. The van der Waals surface area contributed by atoms with Crippen molar-refractivity contribution in [3.8, 4) is 67.3 Å². The minimum atomic E-state index is 0.509. The molecule has 21 aromatic rings. The van der Waals surface area contributed by atoms with Crippen LogP contribution in [0.4, 0.5) is 0 Å². The van der Waals surface area contributed by atoms with E-state index in [-0.39, 0.29) is 0 Å². The summed E-state index contributed by atoms with van der Waals surface area (Å²) in [5, 5.41) is 17.1. The van der Waals surface area contributed by atoms with Crippen LogP contribution >= 0.6 is 0 Å². The number of hydrogen-bond donors (Lipinski definition) is 0. The summed E-state index contributed by atoms with van der Waals surface area (Å²) < 4.78 is 26.5. The molecular formula is C96H62N4. The van der Waals surface area contributed by atoms with Crippen LogP contribution in [0.3, 0.4) is 0 Å². The van der Waals surface area contributed by atoms with E-state index in [1.807, 2.05) is 30.3 Å². The molecule has 0 N–H and O–H groups in total. The molecule has 21 rings (SSSR count). The Bertz CT molecular complexity index is 6890. The third-order valence-corrected chi connectivity index (χ3v) is 20.7. The van der Waals surface area contributed by atoms with Gasteiger partial charge in [0.05, 0.1) is 46.9 Å². The van der Waals surface area contributed by atoms with Crippen LogP contribution in [0.15, 0.2) is 376 Å². The standard InChI is InChI=1S/C48H30N2.C48H32N2/c1-2-13-32(14-3-1)49-44-22-10-8-19-40(44)43-29-31(25-28-46(43)49)34-21-12-24-47-48(34)41-20-9-11-23-45(41)50(47)33-26-27-39-37-17-5-4-15-35(37)36-16-6-7-18-38(36)42(39)30-33;1-3-12-33(13-4-1)35-22-27-38(28-23-35)49-44-19-9-7-16-41(44)43-32-37(26-31-46(43)49)40-18-11-21-47-48(40)42-17-8-10-20-45(42)50(47)39-29-24-36(25-30-39)34-14-5-2-6-15-34/h1-30H;1-32H/i8D;7D. The van der Waals surface area contributed by atoms with Gasteiger partial charge >= 0.3 is 0 Å². The van der Waals surface area contributed by atoms with Gasteiger partial charge in [-0.15, -0.1) is 0 Å². The SMILES string of the molecule is [2H]c1ccc2c(c1)c1cc(-c3cccc4c3c3ccccc3n4-c3ccc(-c4ccccc4)cc3)ccc1n2-c1ccc(-c2ccccc2)cc1.[2H]c1ccc2c(c1)c1cc(-c3cccc4c3c3ccccc3n4-c3ccc4c5ccccc5c5ccccc5c4c3)ccc1n2-c1ccccc1. The molecule has 0 amide bonds. The number of aromatic nitrogens is 4. The average molecular weight is 1270 g/mol. The Hall–Kier alpha value is -13.3. The van der Waals surface area contributed by atoms with Gasteiger partial charge in [0.15, 0.2) is 0 Å². The highest BCUT2D eigenvalue weighted by atomic mass is 15.0. The zero-order chi connectivity index (χ0) is 67.5. The second kappa shape index (κ2) is 23.2. The fourth-order valence-electron chi connectivity index (χ4n) is 16.3. The monoisotopic (exact) mass is 1270 g/mol. The van der Waals surface area contributed by atoms with Gasteiger partial charge in [-0.1, -0.05) is 267 Å². The fourth-order valence-corrected chi connectivity index (χ4v) is 16.3. The molecule has 0 radical (unpaired) electrons. The first-order valence-corrected chi connectivity index (χ1v) is 34.3. The summed E-state index contributed by atoms with van der Waals surface area (Å²) in [6.45, 7) is 0. The van der Waals surface area contributed by atoms with Crippen LogP contribution in [-0.2, 0) is 0 Å². The van der Waals surface area contributed by atoms with Crippen LogP contribution in [0.25, 0.3) is 187 Å². The lowest BCUT2D eigenvalue weighted by Crippen LogP contribution is -1.94. The van der Waals surface area contributed by atoms with Gasteiger partial charge in [0.25, 0.3) is 0 Å². The van der Waals surface area contributed by atoms with Gasteiger partial charge < -0.3 is 18.3 Å². The topological polar surface area (TPSA) is 19.7 Å². The largest absolute Gasteiger partial charge is 0.309 e. The fraction of sp³-hybridized carbons (Fsp3) is 0. The van der Waals surface area contributed by atoms with Crippen LogP contribution in [0.5, 0.6) is 0 Å². The molecule has 4 heteroatoms. The minimum Gasteiger partial charge on any atom is -0.309 e. The highest BCUT2D eigenvalue weighted by molar-refractivity contribution is 6.26. The molecule has 466 valence electrons. The van der Waals surface area contributed by atoms with Crippen LogP contribution in [0.2, 0.25) is 0 Å². The van der Waals surface area contributed by atoms with Crippen molar-refractivity contribution in [1.29, 1.82) is 0 Å². The summed E-state index contributed by atoms with van der Waals surface area (Å²) in [5.74, 6) is 0. The molecule has 4 heterocycles. The van der Waals surface area contributed by atoms with Crippen molar-refractivity contribution < 1.29 is 2.74 Å². The molecule has 0 aliphatic rings. The number of hydrogen-bond acceptors (Lipinski definition) is 0. The Kier molecular flexibility index (Phi) is 12.8. The number of fused-ring (bicyclic) bond motifs is 18. The van der Waals surface area contributed by atoms with Crippen molar-refractivity contribution in [3.05, 3.63) is 376 Å². The predicted molar refractivity (Wildman–Crippen MR) is 425 cm³/mol. The van der Waals surface area contributed by atoms with Crippen molar-refractivity contribution in [2.45, 2.75) is 0 Å². The van der Waals surface area contributed by atoms with Crippen LogP contribution in [0.1, 0.15) is 2.74 Å². The summed E-state index contributed by atoms with van der Waals surface area (Å²) in [4.78, 5) is 0. The quantitative estimate of drug-likeness (QED) is 0.135. The Labute approximate surface area is 580 Å². The predicted octanol–water partition coefficient (Wildman–Crippen LogP) is 25.9. The first kappa shape index (κ1) is 54.9. The lowest BCUT2D eigenvalue weighted by Gasteiger charge is -2.14. The molecule has 0 saturated heterocycles. The summed E-state index contributed by atoms with van der Waals surface area (Å²) in [6.07, 6.45) is 0. The maximum absolute atomic E-state index is 8.54. The maximum atomic E-state index is 8.54. The van der Waals surface area contributed by atoms with Crippen LogP contribution in [0, 0.1) is 0 Å². The summed E-state index contributed by atoms with van der Waals surface area (Å²) in [7, 11) is 0. The van der Waals surface area contributed by atoms with Crippen molar-refractivity contribution >= 4 is 120 Å². The van der Waals surface area contributed by atoms with Crippen molar-refractivity contribution in [3.63, 3.8) is 0 Å². The van der Waals surface area contributed by atoms with E-state index in [4.69, 9.17) is 2.74 Å². The zero-order valence-electron chi connectivity index (χ0n) is 56.4. The smallest absolute Gasteiger partial charge is 0.0623 e. The lowest BCUT2D eigenvalue weighted by atomic mass is 9.94. The Morgan fingerprint density at radius 2 is 0.470 bits per heavy atom. The molecule has 0 spiro atoms. The number of rotatable bonds is 8. The third kappa shape index (κ3) is 9.08. The van der Waals surface area contributed by atoms with E-state index in [9.17, 15) is 0 Å². The highest BCUT2D eigenvalue weighted by Crippen LogP contribution is 2.45. The minimum absolute atomic E-state index is 0.509. The van der Waals surface area contributed by atoms with Gasteiger partial charge in [-0.25, -0.2) is 0 Å². The molecule has 17 aromatic carbocycles. The van der Waals surface area contributed by atoms with E-state index >= 15 is 0 Å². The molecule has 4 nitrogen and oxygen atoms in total. The molecule has 0 aliphatic carbocycles. The first-order chi connectivity index (χ1) is 50.4. The van der Waals surface area contributed by atoms with Gasteiger partial charge in [-0.2, -0.15) is 0 Å². The molecule has 0 fully saturated rings. The molecule has 0 atom stereocenters. The van der Waals surface area contributed by atoms with Gasteiger partial charge in [0, 0.05) is 65.8 Å². The molecule has 0 saturated carbocycles. The normalized spacial score (nSPS) is 12.1. The van der Waals surface area contributed by atoms with E-state index in [2.05, 4.69) is 352 Å². The molecule has 0 unspecified atom stereocenters. The number of para-hydroxylation sites is 5. The number of benzene rings is 17. The average Bonchev–Trinajstić information content (AvgIpc) is 1.45. The van der Waals surface area contributed by atoms with Gasteiger partial charge in [0.1, 0.15) is 0 Å². The maximum Gasteiger partial charge on any atom is 0.0623 e. The molecular weight excluding hydrogens is 1210 g/mol. The Morgan fingerprint density at radius 1 is 0.160 bits per heavy atom. The third-order valence-electron chi connectivity index (χ3n) is 20.7. The molecule has 0 bridgehead atoms. The number of nitrogens with zero attached hydrogens (tertiary/aromatic N) is 4.